The molecule has 2 aromatic heterocycles. The van der Waals surface area contributed by atoms with E-state index in [1.165, 1.54) is 11.5 Å². The van der Waals surface area contributed by atoms with E-state index in [0.717, 1.165) is 0 Å². The van der Waals surface area contributed by atoms with Gasteiger partial charge in [-0.25, -0.2) is 14.6 Å². The Morgan fingerprint density at radius 1 is 1.12 bits per heavy atom. The predicted molar refractivity (Wildman–Crippen MR) is 185 cm³/mol. The summed E-state index contributed by atoms with van der Waals surface area (Å²) in [5, 5.41) is 3.19. The number of halogens is 3. The van der Waals surface area contributed by atoms with Gasteiger partial charge >= 0.3 is 30.2 Å². The molecule has 52 heavy (non-hydrogen) atoms. The average molecular weight is 746 g/mol. The molecule has 0 saturated heterocycles. The highest BCUT2D eigenvalue weighted by molar-refractivity contribution is 6.78. The number of fused-ring (bicyclic) bond motifs is 5. The molecule has 2 unspecified atom stereocenters. The Bertz CT molecular complexity index is 2000. The summed E-state index contributed by atoms with van der Waals surface area (Å²) >= 11 is 0. The number of nitrogens with zero attached hydrogens (tertiary/aromatic N) is 2. The molecule has 2 atom stereocenters. The molecule has 1 aromatic carbocycles. The fourth-order valence-corrected chi connectivity index (χ4v) is 9.22. The molecule has 0 bridgehead atoms. The number of carbonyl (C=O) groups is 4. The number of nitrogens with one attached hydrogen (secondary N) is 1. The molecule has 0 aliphatic carbocycles. The molecule has 5 rings (SSSR count). The molecular weight excluding hydrogens is 703 g/mol. The van der Waals surface area contributed by atoms with E-state index in [2.05, 4.69) is 5.32 Å². The van der Waals surface area contributed by atoms with Crippen molar-refractivity contribution < 1.29 is 51.3 Å². The van der Waals surface area contributed by atoms with Crippen LogP contribution in [0.5, 0.6) is 5.75 Å². The molecule has 1 amide bonds. The molecule has 4 heterocycles. The number of alkyl halides is 3. The van der Waals surface area contributed by atoms with Gasteiger partial charge in [-0.3, -0.25) is 14.4 Å². The van der Waals surface area contributed by atoms with Gasteiger partial charge in [0.05, 0.1) is 29.0 Å². The zero-order valence-electron chi connectivity index (χ0n) is 30.1. The summed E-state index contributed by atoms with van der Waals surface area (Å²) in [7, 11) is -3.20. The number of amides is 1. The van der Waals surface area contributed by atoms with Crippen LogP contribution in [0.15, 0.2) is 35.1 Å². The van der Waals surface area contributed by atoms with Crippen LogP contribution in [0, 0.1) is 0 Å². The SMILES string of the molecule is CCC1(OC(=O)CCCNC(=O)OC(C)(C)C)C(=O)OC([Si](C)(C)CCC(F)(F)F)c2c1cc1n(c2=O)Cc2cc3cc(OC(C)=O)ccc3nc2-1. The molecule has 0 saturated carbocycles. The number of ether oxygens (including phenoxy) is 4. The Morgan fingerprint density at radius 3 is 2.46 bits per heavy atom. The van der Waals surface area contributed by atoms with E-state index in [-0.39, 0.29) is 49.5 Å². The third kappa shape index (κ3) is 8.00. The topological polar surface area (TPSA) is 152 Å². The van der Waals surface area contributed by atoms with Gasteiger partial charge in [0.1, 0.15) is 25.2 Å². The van der Waals surface area contributed by atoms with Crippen LogP contribution < -0.4 is 15.6 Å². The number of hydrogen-bond acceptors (Lipinski definition) is 10. The summed E-state index contributed by atoms with van der Waals surface area (Å²) in [4.78, 5) is 70.3. The molecule has 2 aliphatic rings. The Labute approximate surface area is 299 Å². The molecule has 16 heteroatoms. The Hall–Kier alpha value is -4.73. The molecule has 0 fully saturated rings. The highest BCUT2D eigenvalue weighted by Crippen LogP contribution is 2.48. The highest BCUT2D eigenvalue weighted by Gasteiger charge is 2.56. The van der Waals surface area contributed by atoms with E-state index < -0.39 is 67.2 Å². The second-order valence-corrected chi connectivity index (χ2v) is 19.8. The van der Waals surface area contributed by atoms with Crippen molar-refractivity contribution in [2.75, 3.05) is 6.54 Å². The predicted octanol–water partition coefficient (Wildman–Crippen LogP) is 6.60. The van der Waals surface area contributed by atoms with E-state index in [1.54, 1.807) is 71.1 Å². The zero-order valence-corrected chi connectivity index (χ0v) is 31.1. The molecule has 3 aromatic rings. The number of cyclic esters (lactones) is 1. The van der Waals surface area contributed by atoms with Crippen molar-refractivity contribution in [3.05, 3.63) is 57.4 Å². The first-order valence-electron chi connectivity index (χ1n) is 17.0. The average Bonchev–Trinajstić information content (AvgIpc) is 3.38. The lowest BCUT2D eigenvalue weighted by atomic mass is 9.85. The molecule has 280 valence electrons. The van der Waals surface area contributed by atoms with Crippen molar-refractivity contribution in [2.24, 2.45) is 0 Å². The van der Waals surface area contributed by atoms with Crippen LogP contribution in [0.25, 0.3) is 22.3 Å². The van der Waals surface area contributed by atoms with Crippen LogP contribution in [-0.2, 0) is 40.7 Å². The van der Waals surface area contributed by atoms with E-state index in [9.17, 15) is 37.1 Å². The third-order valence-electron chi connectivity index (χ3n) is 9.06. The maximum Gasteiger partial charge on any atom is 0.407 e. The van der Waals surface area contributed by atoms with Crippen LogP contribution in [-0.4, -0.2) is 59.9 Å². The molecular formula is C36H42F3N3O9Si. The van der Waals surface area contributed by atoms with Crippen LogP contribution in [0.3, 0.4) is 0 Å². The van der Waals surface area contributed by atoms with Gasteiger partial charge in [-0.2, -0.15) is 13.2 Å². The zero-order chi connectivity index (χ0) is 38.4. The van der Waals surface area contributed by atoms with Crippen molar-refractivity contribution in [3.8, 4) is 17.1 Å². The fourth-order valence-electron chi connectivity index (χ4n) is 6.55. The molecule has 1 N–H and O–H groups in total. The van der Waals surface area contributed by atoms with Crippen molar-refractivity contribution in [1.82, 2.24) is 14.9 Å². The summed E-state index contributed by atoms with van der Waals surface area (Å²) < 4.78 is 64.0. The summed E-state index contributed by atoms with van der Waals surface area (Å²) in [6.45, 7) is 11.4. The minimum absolute atomic E-state index is 0.0158. The lowest BCUT2D eigenvalue weighted by Gasteiger charge is -2.43. The van der Waals surface area contributed by atoms with E-state index in [1.807, 2.05) is 0 Å². The van der Waals surface area contributed by atoms with Gasteiger partial charge in [0.25, 0.3) is 5.56 Å². The van der Waals surface area contributed by atoms with Crippen LogP contribution in [0.1, 0.15) is 82.7 Å². The second-order valence-electron chi connectivity index (χ2n) is 14.8. The van der Waals surface area contributed by atoms with Crippen molar-refractivity contribution in [2.45, 2.75) is 109 Å². The fraction of sp³-hybridized carbons (Fsp3) is 0.500. The van der Waals surface area contributed by atoms with Crippen molar-refractivity contribution in [1.29, 1.82) is 0 Å². The summed E-state index contributed by atoms with van der Waals surface area (Å²) in [5.74, 6) is -1.97. The maximum atomic E-state index is 14.6. The number of alkyl carbamates (subject to hydrolysis) is 1. The Balaban J connectivity index is 1.56. The largest absolute Gasteiger partial charge is 0.458 e. The number of esters is 3. The molecule has 2 aliphatic heterocycles. The van der Waals surface area contributed by atoms with E-state index in [0.29, 0.717) is 33.6 Å². The minimum Gasteiger partial charge on any atom is -0.458 e. The number of rotatable bonds is 10. The van der Waals surface area contributed by atoms with E-state index in [4.69, 9.17) is 23.9 Å². The maximum absolute atomic E-state index is 14.6. The molecule has 0 spiro atoms. The van der Waals surface area contributed by atoms with Gasteiger partial charge in [0, 0.05) is 42.8 Å². The number of hydrogen-bond donors (Lipinski definition) is 1. The lowest BCUT2D eigenvalue weighted by molar-refractivity contribution is -0.190. The summed E-state index contributed by atoms with van der Waals surface area (Å²) in [6.07, 6.45) is -6.48. The van der Waals surface area contributed by atoms with Crippen LogP contribution in [0.4, 0.5) is 18.0 Å². The molecule has 0 radical (unpaired) electrons. The quantitative estimate of drug-likeness (QED) is 0.0618. The summed E-state index contributed by atoms with van der Waals surface area (Å²) in [6, 6.07) is 7.92. The second kappa shape index (κ2) is 14.0. The van der Waals surface area contributed by atoms with E-state index >= 15 is 0 Å². The van der Waals surface area contributed by atoms with Gasteiger partial charge in [0.2, 0.25) is 5.60 Å². The van der Waals surface area contributed by atoms with Gasteiger partial charge in [-0.05, 0) is 70.0 Å². The number of pyridine rings is 2. The lowest BCUT2D eigenvalue weighted by Crippen LogP contribution is -2.54. The van der Waals surface area contributed by atoms with Gasteiger partial charge in [0.15, 0.2) is 0 Å². The number of carbonyl (C=O) groups excluding carboxylic acids is 4. The highest BCUT2D eigenvalue weighted by atomic mass is 28.3. The standard InChI is InChI=1S/C36H42F3N3O9Si/c1-8-35(50-27(44)10-9-14-40-33(47)51-34(3,4)5)24-18-26-29-22(16-21-17-23(48-20(2)43)11-12-25(21)41-29)19-42(26)30(45)28(24)31(49-32(35)46)52(6,7)15-13-36(37,38)39/h11-12,16-18,31H,8-10,13-15,19H2,1-7H3,(H,40,47). The van der Waals surface area contributed by atoms with Gasteiger partial charge < -0.3 is 28.8 Å². The number of benzene rings is 1. The van der Waals surface area contributed by atoms with Crippen molar-refractivity contribution in [3.63, 3.8) is 0 Å². The van der Waals surface area contributed by atoms with Crippen molar-refractivity contribution >= 4 is 43.0 Å². The first-order chi connectivity index (χ1) is 24.1. The first kappa shape index (κ1) is 38.5. The minimum atomic E-state index is -4.47. The van der Waals surface area contributed by atoms with Gasteiger partial charge in [-0.1, -0.05) is 20.0 Å². The Morgan fingerprint density at radius 2 is 1.83 bits per heavy atom. The smallest absolute Gasteiger partial charge is 0.407 e. The van der Waals surface area contributed by atoms with Gasteiger partial charge in [-0.15, -0.1) is 0 Å². The normalized spacial score (nSPS) is 18.2. The summed E-state index contributed by atoms with van der Waals surface area (Å²) in [5.41, 5.74) is -2.67. The van der Waals surface area contributed by atoms with Crippen LogP contribution in [0.2, 0.25) is 19.1 Å². The first-order valence-corrected chi connectivity index (χ1v) is 20.3. The van der Waals surface area contributed by atoms with Crippen LogP contribution >= 0.6 is 0 Å². The Kier molecular flexibility index (Phi) is 10.4. The monoisotopic (exact) mass is 745 g/mol. The molecule has 12 nitrogen and oxygen atoms in total. The third-order valence-corrected chi connectivity index (χ3v) is 12.4. The number of aromatic nitrogens is 2.